The Labute approximate surface area is 171 Å². The fraction of sp³-hybridized carbons (Fsp3) is 0.800. The van der Waals surface area contributed by atoms with Gasteiger partial charge < -0.3 is 15.1 Å². The van der Waals surface area contributed by atoms with Gasteiger partial charge in [0.15, 0.2) is 11.6 Å². The highest BCUT2D eigenvalue weighted by atomic mass is 16.6. The number of aromatic nitrogens is 4. The Balaban J connectivity index is 1.28. The molecule has 3 aliphatic rings. The zero-order valence-corrected chi connectivity index (χ0v) is 17.4. The van der Waals surface area contributed by atoms with E-state index in [4.69, 9.17) is 14.6 Å². The lowest BCUT2D eigenvalue weighted by Crippen LogP contribution is -2.53. The van der Waals surface area contributed by atoms with Crippen molar-refractivity contribution >= 4 is 22.9 Å². The first kappa shape index (κ1) is 19.0. The summed E-state index contributed by atoms with van der Waals surface area (Å²) in [5, 5.41) is 11.5. The van der Waals surface area contributed by atoms with E-state index in [0.29, 0.717) is 23.4 Å². The van der Waals surface area contributed by atoms with Crippen molar-refractivity contribution in [1.29, 1.82) is 0 Å². The molecule has 1 N–H and O–H groups in total. The van der Waals surface area contributed by atoms with Gasteiger partial charge in [-0.3, -0.25) is 4.90 Å². The third-order valence-corrected chi connectivity index (χ3v) is 6.93. The molecular weight excluding hydrogens is 368 g/mol. The van der Waals surface area contributed by atoms with Gasteiger partial charge in [-0.2, -0.15) is 0 Å². The van der Waals surface area contributed by atoms with Crippen LogP contribution in [0.3, 0.4) is 0 Å². The van der Waals surface area contributed by atoms with Crippen LogP contribution in [0.1, 0.15) is 45.4 Å². The number of anilines is 2. The Morgan fingerprint density at radius 1 is 0.897 bits per heavy atom. The molecule has 4 heterocycles. The molecule has 9 nitrogen and oxygen atoms in total. The monoisotopic (exact) mass is 400 g/mol. The molecule has 3 fully saturated rings. The Kier molecular flexibility index (Phi) is 5.50. The minimum atomic E-state index is 0.479. The number of piperazine rings is 1. The molecule has 9 heteroatoms. The number of nitrogens with one attached hydrogen (secondary N) is 1. The molecule has 0 aromatic carbocycles. The van der Waals surface area contributed by atoms with Crippen LogP contribution in [0.25, 0.3) is 11.3 Å². The topological polar surface area (TPSA) is 86.5 Å². The molecule has 5 rings (SSSR count). The van der Waals surface area contributed by atoms with Gasteiger partial charge in [-0.15, -0.1) is 0 Å². The van der Waals surface area contributed by atoms with E-state index in [2.05, 4.69) is 37.3 Å². The van der Waals surface area contributed by atoms with Crippen LogP contribution in [0.5, 0.6) is 0 Å². The Morgan fingerprint density at radius 2 is 1.59 bits per heavy atom. The van der Waals surface area contributed by atoms with Crippen molar-refractivity contribution in [2.45, 2.75) is 57.5 Å². The predicted molar refractivity (Wildman–Crippen MR) is 112 cm³/mol. The van der Waals surface area contributed by atoms with Gasteiger partial charge in [0.2, 0.25) is 11.3 Å². The molecule has 2 aliphatic heterocycles. The van der Waals surface area contributed by atoms with Gasteiger partial charge >= 0.3 is 0 Å². The van der Waals surface area contributed by atoms with E-state index < -0.39 is 0 Å². The number of fused-ring (bicyclic) bond motifs is 1. The standard InChI is InChI=1S/C20H32N8O/c1-2-26-11-13-27(14-12-26)16-7-9-28(10-8-16)20-19(21-15-5-3-4-6-15)22-17-18(23-20)25-29-24-17/h15-16H,2-14H2,1H3,(H,21,22,24). The first-order valence-electron chi connectivity index (χ1n) is 11.3. The van der Waals surface area contributed by atoms with E-state index in [0.717, 1.165) is 24.7 Å². The van der Waals surface area contributed by atoms with E-state index >= 15 is 0 Å². The quantitative estimate of drug-likeness (QED) is 0.809. The maximum atomic E-state index is 4.86. The first-order valence-corrected chi connectivity index (χ1v) is 11.3. The van der Waals surface area contributed by atoms with Crippen molar-refractivity contribution in [1.82, 2.24) is 30.1 Å². The summed E-state index contributed by atoms with van der Waals surface area (Å²) in [5.74, 6) is 1.75. The van der Waals surface area contributed by atoms with Crippen molar-refractivity contribution in [2.75, 3.05) is 56.0 Å². The normalized spacial score (nSPS) is 23.3. The number of hydrogen-bond acceptors (Lipinski definition) is 9. The van der Waals surface area contributed by atoms with Crippen LogP contribution in [0, 0.1) is 0 Å². The van der Waals surface area contributed by atoms with Crippen LogP contribution in [0.2, 0.25) is 0 Å². The van der Waals surface area contributed by atoms with Crippen LogP contribution >= 0.6 is 0 Å². The van der Waals surface area contributed by atoms with E-state index in [1.54, 1.807) is 0 Å². The Morgan fingerprint density at radius 3 is 2.28 bits per heavy atom. The molecule has 1 saturated carbocycles. The average molecular weight is 401 g/mol. The molecule has 0 atom stereocenters. The number of rotatable bonds is 5. The number of likely N-dealkylation sites (N-methyl/N-ethyl adjacent to an activating group) is 1. The summed E-state index contributed by atoms with van der Waals surface area (Å²) < 4.78 is 4.86. The maximum absolute atomic E-state index is 4.86. The summed E-state index contributed by atoms with van der Waals surface area (Å²) in [5.41, 5.74) is 0.979. The fourth-order valence-electron chi connectivity index (χ4n) is 5.10. The summed E-state index contributed by atoms with van der Waals surface area (Å²) in [6, 6.07) is 1.16. The van der Waals surface area contributed by atoms with E-state index in [-0.39, 0.29) is 0 Å². The van der Waals surface area contributed by atoms with Crippen LogP contribution in [-0.2, 0) is 0 Å². The van der Waals surface area contributed by atoms with Crippen LogP contribution in [0.4, 0.5) is 11.6 Å². The lowest BCUT2D eigenvalue weighted by Gasteiger charge is -2.43. The average Bonchev–Trinajstić information content (AvgIpc) is 3.45. The number of hydrogen-bond donors (Lipinski definition) is 1. The molecular formula is C20H32N8O. The van der Waals surface area contributed by atoms with Crippen LogP contribution in [0.15, 0.2) is 4.63 Å². The summed E-state index contributed by atoms with van der Waals surface area (Å²) in [4.78, 5) is 17.1. The van der Waals surface area contributed by atoms with E-state index in [1.165, 1.54) is 71.2 Å². The van der Waals surface area contributed by atoms with Crippen molar-refractivity contribution in [3.8, 4) is 0 Å². The summed E-state index contributed by atoms with van der Waals surface area (Å²) in [7, 11) is 0. The van der Waals surface area contributed by atoms with Crippen molar-refractivity contribution in [2.24, 2.45) is 0 Å². The molecule has 2 aromatic rings. The Hall–Kier alpha value is -2.00. The van der Waals surface area contributed by atoms with Gasteiger partial charge in [0.25, 0.3) is 0 Å². The van der Waals surface area contributed by atoms with Gasteiger partial charge in [-0.25, -0.2) is 14.6 Å². The second-order valence-electron chi connectivity index (χ2n) is 8.62. The molecule has 158 valence electrons. The third-order valence-electron chi connectivity index (χ3n) is 6.93. The fourth-order valence-corrected chi connectivity index (χ4v) is 5.10. The Bertz CT molecular complexity index is 804. The van der Waals surface area contributed by atoms with Crippen LogP contribution < -0.4 is 10.2 Å². The second-order valence-corrected chi connectivity index (χ2v) is 8.62. The molecule has 2 saturated heterocycles. The van der Waals surface area contributed by atoms with Gasteiger partial charge in [0.1, 0.15) is 0 Å². The summed E-state index contributed by atoms with van der Waals surface area (Å²) >= 11 is 0. The van der Waals surface area contributed by atoms with Crippen molar-refractivity contribution in [3.05, 3.63) is 0 Å². The lowest BCUT2D eigenvalue weighted by atomic mass is 10.0. The number of piperidine rings is 1. The zero-order chi connectivity index (χ0) is 19.6. The van der Waals surface area contributed by atoms with Gasteiger partial charge in [-0.05, 0) is 42.5 Å². The van der Waals surface area contributed by atoms with Crippen molar-refractivity contribution < 1.29 is 4.63 Å². The zero-order valence-electron chi connectivity index (χ0n) is 17.4. The van der Waals surface area contributed by atoms with Crippen molar-refractivity contribution in [3.63, 3.8) is 0 Å². The molecule has 0 unspecified atom stereocenters. The molecule has 29 heavy (non-hydrogen) atoms. The largest absolute Gasteiger partial charge is 0.364 e. The molecule has 0 bridgehead atoms. The van der Waals surface area contributed by atoms with E-state index in [1.807, 2.05) is 0 Å². The van der Waals surface area contributed by atoms with Gasteiger partial charge in [0.05, 0.1) is 0 Å². The lowest BCUT2D eigenvalue weighted by molar-refractivity contribution is 0.0878. The molecule has 2 aromatic heterocycles. The minimum Gasteiger partial charge on any atom is -0.364 e. The predicted octanol–water partition coefficient (Wildman–Crippen LogP) is 1.97. The molecule has 0 radical (unpaired) electrons. The SMILES string of the molecule is CCN1CCN(C2CCN(c3nc4nonc4nc3NC3CCCC3)CC2)CC1. The molecule has 1 aliphatic carbocycles. The van der Waals surface area contributed by atoms with E-state index in [9.17, 15) is 0 Å². The third kappa shape index (κ3) is 4.02. The van der Waals surface area contributed by atoms with Crippen LogP contribution in [-0.4, -0.2) is 88.0 Å². The summed E-state index contributed by atoms with van der Waals surface area (Å²) in [6.07, 6.45) is 7.30. The molecule has 0 amide bonds. The minimum absolute atomic E-state index is 0.479. The maximum Gasteiger partial charge on any atom is 0.245 e. The highest BCUT2D eigenvalue weighted by molar-refractivity contribution is 5.74. The first-order chi connectivity index (χ1) is 14.3. The van der Waals surface area contributed by atoms with Gasteiger partial charge in [-0.1, -0.05) is 19.8 Å². The molecule has 0 spiro atoms. The highest BCUT2D eigenvalue weighted by Gasteiger charge is 2.30. The van der Waals surface area contributed by atoms with Gasteiger partial charge in [0, 0.05) is 51.4 Å². The smallest absolute Gasteiger partial charge is 0.245 e. The second kappa shape index (κ2) is 8.39. The highest BCUT2D eigenvalue weighted by Crippen LogP contribution is 2.31. The number of nitrogens with zero attached hydrogens (tertiary/aromatic N) is 7. The summed E-state index contributed by atoms with van der Waals surface area (Å²) in [6.45, 7) is 10.2.